The van der Waals surface area contributed by atoms with Crippen molar-refractivity contribution in [3.05, 3.63) is 22.4 Å². The molecular formula is C9H15NS. The molecule has 62 valence electrons. The molecule has 0 fully saturated rings. The highest BCUT2D eigenvalue weighted by molar-refractivity contribution is 7.07. The lowest BCUT2D eigenvalue weighted by Crippen LogP contribution is -2.14. The van der Waals surface area contributed by atoms with Gasteiger partial charge in [-0.1, -0.05) is 0 Å². The summed E-state index contributed by atoms with van der Waals surface area (Å²) in [6.45, 7) is 2.06. The Balaban J connectivity index is 2.14. The molecule has 0 spiro atoms. The number of hydrogen-bond donors (Lipinski definition) is 1. The predicted octanol–water partition coefficient (Wildman–Crippen LogP) is 2.42. The van der Waals surface area contributed by atoms with Gasteiger partial charge in [-0.3, -0.25) is 0 Å². The van der Waals surface area contributed by atoms with Crippen LogP contribution in [0.2, 0.25) is 0 Å². The summed E-state index contributed by atoms with van der Waals surface area (Å²) >= 11 is 1.77. The Bertz CT molecular complexity index is 179. The van der Waals surface area contributed by atoms with E-state index in [2.05, 4.69) is 23.8 Å². The zero-order chi connectivity index (χ0) is 8.10. The summed E-state index contributed by atoms with van der Waals surface area (Å²) in [6.07, 6.45) is 3.54. The molecule has 0 aliphatic rings. The van der Waals surface area contributed by atoms with Crippen molar-refractivity contribution in [2.24, 2.45) is 5.73 Å². The summed E-state index contributed by atoms with van der Waals surface area (Å²) in [5, 5.41) is 4.34. The van der Waals surface area contributed by atoms with E-state index in [-0.39, 0.29) is 0 Å². The summed E-state index contributed by atoms with van der Waals surface area (Å²) in [6, 6.07) is 2.54. The maximum absolute atomic E-state index is 5.63. The molecule has 0 radical (unpaired) electrons. The fraction of sp³-hybridized carbons (Fsp3) is 0.556. The van der Waals surface area contributed by atoms with Gasteiger partial charge in [0.2, 0.25) is 0 Å². The average molecular weight is 169 g/mol. The highest BCUT2D eigenvalue weighted by Gasteiger charge is 1.95. The van der Waals surface area contributed by atoms with Crippen molar-refractivity contribution < 1.29 is 0 Å². The molecule has 0 bridgehead atoms. The van der Waals surface area contributed by atoms with Gasteiger partial charge in [-0.25, -0.2) is 0 Å². The molecule has 0 aliphatic heterocycles. The molecule has 1 nitrogen and oxygen atoms in total. The Morgan fingerprint density at radius 3 is 3.00 bits per heavy atom. The molecule has 2 heteroatoms. The van der Waals surface area contributed by atoms with Gasteiger partial charge in [-0.2, -0.15) is 11.3 Å². The van der Waals surface area contributed by atoms with E-state index in [1.54, 1.807) is 11.3 Å². The van der Waals surface area contributed by atoms with E-state index < -0.39 is 0 Å². The topological polar surface area (TPSA) is 26.0 Å². The molecule has 11 heavy (non-hydrogen) atoms. The SMILES string of the molecule is C[C@@H](N)CCCc1ccsc1. The number of aryl methyl sites for hydroxylation is 1. The molecule has 1 aromatic rings. The van der Waals surface area contributed by atoms with Crippen LogP contribution in [-0.2, 0) is 6.42 Å². The molecule has 0 unspecified atom stereocenters. The van der Waals surface area contributed by atoms with E-state index in [9.17, 15) is 0 Å². The number of rotatable bonds is 4. The van der Waals surface area contributed by atoms with Crippen molar-refractivity contribution in [1.82, 2.24) is 0 Å². The molecule has 0 aromatic carbocycles. The average Bonchev–Trinajstić information content (AvgIpc) is 2.39. The van der Waals surface area contributed by atoms with Crippen molar-refractivity contribution in [2.75, 3.05) is 0 Å². The second kappa shape index (κ2) is 4.52. The molecule has 0 amide bonds. The van der Waals surface area contributed by atoms with Crippen molar-refractivity contribution in [2.45, 2.75) is 32.2 Å². The van der Waals surface area contributed by atoms with Crippen LogP contribution in [0, 0.1) is 0 Å². The molecule has 1 atom stereocenters. The second-order valence-electron chi connectivity index (χ2n) is 3.00. The van der Waals surface area contributed by atoms with Gasteiger partial charge in [-0.05, 0) is 48.6 Å². The van der Waals surface area contributed by atoms with Crippen LogP contribution in [0.15, 0.2) is 16.8 Å². The lowest BCUT2D eigenvalue weighted by molar-refractivity contribution is 0.625. The van der Waals surface area contributed by atoms with Crippen molar-refractivity contribution in [3.63, 3.8) is 0 Å². The first-order valence-corrected chi connectivity index (χ1v) is 5.00. The van der Waals surface area contributed by atoms with E-state index >= 15 is 0 Å². The van der Waals surface area contributed by atoms with E-state index in [4.69, 9.17) is 5.73 Å². The third kappa shape index (κ3) is 3.54. The maximum atomic E-state index is 5.63. The minimum absolute atomic E-state index is 0.355. The first-order chi connectivity index (χ1) is 5.29. The van der Waals surface area contributed by atoms with Crippen LogP contribution in [0.4, 0.5) is 0 Å². The molecule has 0 saturated carbocycles. The highest BCUT2D eigenvalue weighted by atomic mass is 32.1. The van der Waals surface area contributed by atoms with E-state index in [1.165, 1.54) is 18.4 Å². The van der Waals surface area contributed by atoms with Gasteiger partial charge in [0.1, 0.15) is 0 Å². The fourth-order valence-corrected chi connectivity index (χ4v) is 1.77. The van der Waals surface area contributed by atoms with Crippen LogP contribution in [0.5, 0.6) is 0 Å². The van der Waals surface area contributed by atoms with Crippen LogP contribution in [0.25, 0.3) is 0 Å². The third-order valence-electron chi connectivity index (χ3n) is 1.71. The van der Waals surface area contributed by atoms with Crippen LogP contribution in [0.1, 0.15) is 25.3 Å². The molecule has 1 rings (SSSR count). The van der Waals surface area contributed by atoms with Gasteiger partial charge < -0.3 is 5.73 Å². The summed E-state index contributed by atoms with van der Waals surface area (Å²) in [7, 11) is 0. The molecule has 0 aliphatic carbocycles. The Morgan fingerprint density at radius 2 is 2.45 bits per heavy atom. The number of thiophene rings is 1. The van der Waals surface area contributed by atoms with Gasteiger partial charge in [0.05, 0.1) is 0 Å². The minimum Gasteiger partial charge on any atom is -0.328 e. The lowest BCUT2D eigenvalue weighted by atomic mass is 10.1. The van der Waals surface area contributed by atoms with E-state index in [0.29, 0.717) is 6.04 Å². The second-order valence-corrected chi connectivity index (χ2v) is 3.78. The summed E-state index contributed by atoms with van der Waals surface area (Å²) in [5.74, 6) is 0. The lowest BCUT2D eigenvalue weighted by Gasteiger charge is -2.02. The zero-order valence-corrected chi connectivity index (χ0v) is 7.73. The van der Waals surface area contributed by atoms with Gasteiger partial charge in [0.15, 0.2) is 0 Å². The molecule has 0 saturated heterocycles. The minimum atomic E-state index is 0.355. The zero-order valence-electron chi connectivity index (χ0n) is 6.92. The monoisotopic (exact) mass is 169 g/mol. The standard InChI is InChI=1S/C9H15NS/c1-8(10)3-2-4-9-5-6-11-7-9/h5-8H,2-4,10H2,1H3/t8-/m1/s1. The van der Waals surface area contributed by atoms with Crippen LogP contribution >= 0.6 is 11.3 Å². The molecular weight excluding hydrogens is 154 g/mol. The van der Waals surface area contributed by atoms with Crippen LogP contribution in [-0.4, -0.2) is 6.04 Å². The Kier molecular flexibility index (Phi) is 3.60. The van der Waals surface area contributed by atoms with E-state index in [1.807, 2.05) is 0 Å². The summed E-state index contributed by atoms with van der Waals surface area (Å²) < 4.78 is 0. The Labute approximate surface area is 72.2 Å². The molecule has 2 N–H and O–H groups in total. The smallest absolute Gasteiger partial charge is 0.00105 e. The summed E-state index contributed by atoms with van der Waals surface area (Å²) in [5.41, 5.74) is 7.09. The normalized spacial score (nSPS) is 13.3. The first-order valence-electron chi connectivity index (χ1n) is 4.05. The van der Waals surface area contributed by atoms with Crippen molar-refractivity contribution in [3.8, 4) is 0 Å². The first kappa shape index (κ1) is 8.75. The predicted molar refractivity (Wildman–Crippen MR) is 50.9 cm³/mol. The van der Waals surface area contributed by atoms with Gasteiger partial charge in [-0.15, -0.1) is 0 Å². The quantitative estimate of drug-likeness (QED) is 0.736. The van der Waals surface area contributed by atoms with Crippen molar-refractivity contribution >= 4 is 11.3 Å². The van der Waals surface area contributed by atoms with Crippen LogP contribution < -0.4 is 5.73 Å². The van der Waals surface area contributed by atoms with Gasteiger partial charge in [0.25, 0.3) is 0 Å². The largest absolute Gasteiger partial charge is 0.328 e. The highest BCUT2D eigenvalue weighted by Crippen LogP contribution is 2.09. The Morgan fingerprint density at radius 1 is 1.64 bits per heavy atom. The van der Waals surface area contributed by atoms with Crippen molar-refractivity contribution in [1.29, 1.82) is 0 Å². The molecule has 1 aromatic heterocycles. The van der Waals surface area contributed by atoms with E-state index in [0.717, 1.165) is 6.42 Å². The number of nitrogens with two attached hydrogens (primary N) is 1. The fourth-order valence-electron chi connectivity index (χ4n) is 1.06. The third-order valence-corrected chi connectivity index (χ3v) is 2.44. The van der Waals surface area contributed by atoms with Gasteiger partial charge >= 0.3 is 0 Å². The molecule has 1 heterocycles. The number of hydrogen-bond acceptors (Lipinski definition) is 2. The van der Waals surface area contributed by atoms with Gasteiger partial charge in [0, 0.05) is 6.04 Å². The summed E-state index contributed by atoms with van der Waals surface area (Å²) in [4.78, 5) is 0. The Hall–Kier alpha value is -0.340. The maximum Gasteiger partial charge on any atom is 0.00105 e. The van der Waals surface area contributed by atoms with Crippen LogP contribution in [0.3, 0.4) is 0 Å².